The fraction of sp³-hybridized carbons (Fsp3) is 0.160. The summed E-state index contributed by atoms with van der Waals surface area (Å²) in [6.45, 7) is 0. The highest BCUT2D eigenvalue weighted by Crippen LogP contribution is 2.39. The van der Waals surface area contributed by atoms with Gasteiger partial charge in [0.1, 0.15) is 0 Å². The van der Waals surface area contributed by atoms with Crippen LogP contribution in [0.4, 0.5) is 0 Å². The van der Waals surface area contributed by atoms with Crippen molar-refractivity contribution in [1.82, 2.24) is 25.2 Å². The van der Waals surface area contributed by atoms with Crippen LogP contribution in [0.25, 0.3) is 17.1 Å². The average molecular weight is 583 g/mol. The van der Waals surface area contributed by atoms with Gasteiger partial charge in [0.25, 0.3) is 5.91 Å². The van der Waals surface area contributed by atoms with E-state index in [4.69, 9.17) is 14.2 Å². The number of hydrazone groups is 1. The first-order valence-corrected chi connectivity index (χ1v) is 12.7. The van der Waals surface area contributed by atoms with Crippen LogP contribution in [0.1, 0.15) is 5.56 Å². The van der Waals surface area contributed by atoms with E-state index in [0.717, 1.165) is 15.7 Å². The minimum absolute atomic E-state index is 0.0748. The van der Waals surface area contributed by atoms with Crippen LogP contribution in [0.5, 0.6) is 17.2 Å². The summed E-state index contributed by atoms with van der Waals surface area (Å²) in [7, 11) is 4.58. The predicted octanol–water partition coefficient (Wildman–Crippen LogP) is 4.36. The lowest BCUT2D eigenvalue weighted by atomic mass is 10.2. The van der Waals surface area contributed by atoms with Crippen molar-refractivity contribution in [3.8, 4) is 34.3 Å². The zero-order valence-corrected chi connectivity index (χ0v) is 22.6. The van der Waals surface area contributed by atoms with Gasteiger partial charge in [-0.15, -0.1) is 10.2 Å². The molecule has 0 unspecified atom stereocenters. The van der Waals surface area contributed by atoms with Crippen LogP contribution in [0.2, 0.25) is 0 Å². The lowest BCUT2D eigenvalue weighted by molar-refractivity contribution is -0.118. The van der Waals surface area contributed by atoms with Crippen LogP contribution >= 0.6 is 27.7 Å². The number of hydrogen-bond donors (Lipinski definition) is 1. The normalized spacial score (nSPS) is 10.9. The lowest BCUT2D eigenvalue weighted by Crippen LogP contribution is -2.20. The molecule has 0 aliphatic heterocycles. The van der Waals surface area contributed by atoms with Crippen molar-refractivity contribution in [2.45, 2.75) is 5.16 Å². The largest absolute Gasteiger partial charge is 0.493 e. The summed E-state index contributed by atoms with van der Waals surface area (Å²) in [6, 6.07) is 15.0. The predicted molar refractivity (Wildman–Crippen MR) is 145 cm³/mol. The highest BCUT2D eigenvalue weighted by atomic mass is 79.9. The van der Waals surface area contributed by atoms with E-state index in [1.165, 1.54) is 32.2 Å². The number of rotatable bonds is 10. The molecule has 4 rings (SSSR count). The molecule has 4 aromatic rings. The molecule has 0 radical (unpaired) electrons. The third-order valence-electron chi connectivity index (χ3n) is 5.12. The number of thioether (sulfide) groups is 1. The second-order valence-corrected chi connectivity index (χ2v) is 9.22. The van der Waals surface area contributed by atoms with Gasteiger partial charge in [-0.1, -0.05) is 27.7 Å². The number of amides is 1. The number of benzene rings is 2. The Bertz CT molecular complexity index is 1400. The van der Waals surface area contributed by atoms with E-state index in [9.17, 15) is 4.79 Å². The fourth-order valence-electron chi connectivity index (χ4n) is 3.44. The maximum atomic E-state index is 12.6. The third-order valence-corrected chi connectivity index (χ3v) is 6.57. The first-order valence-electron chi connectivity index (χ1n) is 10.9. The molecule has 2 aromatic heterocycles. The molecule has 0 bridgehead atoms. The monoisotopic (exact) mass is 582 g/mol. The van der Waals surface area contributed by atoms with Crippen molar-refractivity contribution in [3.63, 3.8) is 0 Å². The van der Waals surface area contributed by atoms with Crippen LogP contribution in [0.15, 0.2) is 75.7 Å². The van der Waals surface area contributed by atoms with Crippen molar-refractivity contribution in [1.29, 1.82) is 0 Å². The number of hydrogen-bond acceptors (Lipinski definition) is 9. The summed E-state index contributed by atoms with van der Waals surface area (Å²) in [5.41, 5.74) is 4.87. The Labute approximate surface area is 226 Å². The standard InChI is InChI=1S/C25H23BrN6O4S/c1-34-20-9-4-17(22(35-2)23(20)36-3)14-28-29-21(33)15-37-25-31-30-24(16-10-12-27-13-11-16)32(25)19-7-5-18(26)6-8-19/h4-14H,15H2,1-3H3,(H,29,33)/b28-14+. The number of nitrogens with one attached hydrogen (secondary N) is 1. The molecule has 10 nitrogen and oxygen atoms in total. The lowest BCUT2D eigenvalue weighted by Gasteiger charge is -2.13. The summed E-state index contributed by atoms with van der Waals surface area (Å²) in [5, 5.41) is 13.3. The van der Waals surface area contributed by atoms with Crippen molar-refractivity contribution >= 4 is 39.8 Å². The Morgan fingerprint density at radius 1 is 1.00 bits per heavy atom. The van der Waals surface area contributed by atoms with Crippen molar-refractivity contribution in [2.75, 3.05) is 27.1 Å². The van der Waals surface area contributed by atoms with Crippen LogP contribution < -0.4 is 19.6 Å². The van der Waals surface area contributed by atoms with Gasteiger partial charge in [0, 0.05) is 33.7 Å². The number of pyridine rings is 1. The summed E-state index contributed by atoms with van der Waals surface area (Å²) in [5.74, 6) is 1.82. The number of carbonyl (C=O) groups is 1. The third kappa shape index (κ3) is 6.09. The zero-order valence-electron chi connectivity index (χ0n) is 20.2. The summed E-state index contributed by atoms with van der Waals surface area (Å²) < 4.78 is 19.0. The molecular weight excluding hydrogens is 560 g/mol. The molecule has 0 atom stereocenters. The quantitative estimate of drug-likeness (QED) is 0.167. The molecule has 37 heavy (non-hydrogen) atoms. The molecule has 0 aliphatic rings. The second-order valence-electron chi connectivity index (χ2n) is 7.36. The molecule has 0 fully saturated rings. The van der Waals surface area contributed by atoms with Gasteiger partial charge in [-0.25, -0.2) is 5.43 Å². The van der Waals surface area contributed by atoms with Crippen molar-refractivity contribution < 1.29 is 19.0 Å². The Balaban J connectivity index is 1.49. The number of aromatic nitrogens is 4. The maximum absolute atomic E-state index is 12.6. The number of ether oxygens (including phenoxy) is 3. The molecular formula is C25H23BrN6O4S. The summed E-state index contributed by atoms with van der Waals surface area (Å²) in [4.78, 5) is 16.6. The fourth-order valence-corrected chi connectivity index (χ4v) is 4.45. The Morgan fingerprint density at radius 2 is 1.73 bits per heavy atom. The van der Waals surface area contributed by atoms with E-state index < -0.39 is 0 Å². The first-order chi connectivity index (χ1) is 18.0. The van der Waals surface area contributed by atoms with Gasteiger partial charge < -0.3 is 14.2 Å². The highest BCUT2D eigenvalue weighted by molar-refractivity contribution is 9.10. The zero-order chi connectivity index (χ0) is 26.2. The molecule has 12 heteroatoms. The van der Waals surface area contributed by atoms with E-state index in [1.54, 1.807) is 31.6 Å². The van der Waals surface area contributed by atoms with Gasteiger partial charge in [0.05, 0.1) is 33.3 Å². The molecule has 0 aliphatic carbocycles. The minimum atomic E-state index is -0.309. The Hall–Kier alpha value is -3.90. The molecule has 0 saturated carbocycles. The summed E-state index contributed by atoms with van der Waals surface area (Å²) >= 11 is 4.71. The maximum Gasteiger partial charge on any atom is 0.250 e. The topological polar surface area (TPSA) is 113 Å². The number of halogens is 1. The molecule has 0 spiro atoms. The molecule has 0 saturated heterocycles. The van der Waals surface area contributed by atoms with Gasteiger partial charge in [0.2, 0.25) is 5.75 Å². The molecule has 190 valence electrons. The van der Waals surface area contributed by atoms with Gasteiger partial charge in [-0.2, -0.15) is 5.10 Å². The van der Waals surface area contributed by atoms with Crippen molar-refractivity contribution in [3.05, 3.63) is 71.0 Å². The SMILES string of the molecule is COc1ccc(/C=N/NC(=O)CSc2nnc(-c3ccncc3)n2-c2ccc(Br)cc2)c(OC)c1OC. The van der Waals surface area contributed by atoms with E-state index >= 15 is 0 Å². The second kappa shape index (κ2) is 12.4. The minimum Gasteiger partial charge on any atom is -0.493 e. The van der Waals surface area contributed by atoms with Crippen LogP contribution in [-0.4, -0.2) is 59.0 Å². The highest BCUT2D eigenvalue weighted by Gasteiger charge is 2.18. The smallest absolute Gasteiger partial charge is 0.250 e. The molecule has 1 amide bonds. The molecule has 2 aromatic carbocycles. The van der Waals surface area contributed by atoms with Crippen LogP contribution in [0.3, 0.4) is 0 Å². The van der Waals surface area contributed by atoms with Gasteiger partial charge >= 0.3 is 0 Å². The van der Waals surface area contributed by atoms with Crippen molar-refractivity contribution in [2.24, 2.45) is 5.10 Å². The van der Waals surface area contributed by atoms with E-state index in [-0.39, 0.29) is 11.7 Å². The first kappa shape index (κ1) is 26.2. The van der Waals surface area contributed by atoms with Gasteiger partial charge in [-0.3, -0.25) is 14.3 Å². The van der Waals surface area contributed by atoms with Gasteiger partial charge in [0.15, 0.2) is 22.5 Å². The Kier molecular flexibility index (Phi) is 8.75. The van der Waals surface area contributed by atoms with E-state index in [2.05, 4.69) is 41.6 Å². The number of nitrogens with zero attached hydrogens (tertiary/aromatic N) is 5. The Morgan fingerprint density at radius 3 is 2.41 bits per heavy atom. The van der Waals surface area contributed by atoms with E-state index in [1.807, 2.05) is 41.0 Å². The van der Waals surface area contributed by atoms with E-state index in [0.29, 0.717) is 33.8 Å². The summed E-state index contributed by atoms with van der Waals surface area (Å²) in [6.07, 6.45) is 4.87. The molecule has 2 heterocycles. The number of methoxy groups -OCH3 is 3. The van der Waals surface area contributed by atoms with Gasteiger partial charge in [-0.05, 0) is 48.5 Å². The van der Waals surface area contributed by atoms with Crippen LogP contribution in [-0.2, 0) is 4.79 Å². The molecule has 1 N–H and O–H groups in total. The average Bonchev–Trinajstić information content (AvgIpc) is 3.36. The number of carbonyl (C=O) groups excluding carboxylic acids is 1. The van der Waals surface area contributed by atoms with Crippen LogP contribution in [0, 0.1) is 0 Å².